The molecule has 1 aromatic carbocycles. The predicted molar refractivity (Wildman–Crippen MR) is 158 cm³/mol. The average Bonchev–Trinajstić information content (AvgIpc) is 3.62. The van der Waals surface area contributed by atoms with Crippen LogP contribution in [0.3, 0.4) is 0 Å². The summed E-state index contributed by atoms with van der Waals surface area (Å²) in [4.78, 5) is 9.63. The van der Waals surface area contributed by atoms with Crippen LogP contribution in [0.4, 0.5) is 0 Å². The van der Waals surface area contributed by atoms with Crippen LogP contribution in [0.1, 0.15) is 71.9 Å². The average molecular weight is 560 g/mol. The van der Waals surface area contributed by atoms with E-state index < -0.39 is 0 Å². The topological polar surface area (TPSA) is 85.5 Å². The van der Waals surface area contributed by atoms with Gasteiger partial charge >= 0.3 is 0 Å². The lowest BCUT2D eigenvalue weighted by molar-refractivity contribution is -0.185. The Balaban J connectivity index is 1.23. The second-order valence-electron chi connectivity index (χ2n) is 11.4. The highest BCUT2D eigenvalue weighted by molar-refractivity contribution is 5.93. The molecule has 0 aliphatic carbocycles. The molecule has 0 N–H and O–H groups in total. The van der Waals surface area contributed by atoms with Gasteiger partial charge < -0.3 is 23.5 Å². The molecule has 3 unspecified atom stereocenters. The van der Waals surface area contributed by atoms with Gasteiger partial charge in [-0.1, -0.05) is 0 Å². The highest BCUT2D eigenvalue weighted by Gasteiger charge is 2.24. The van der Waals surface area contributed by atoms with Gasteiger partial charge in [-0.05, 0) is 96.0 Å². The minimum Gasteiger partial charge on any atom is -0.491 e. The molecule has 4 aromatic rings. The van der Waals surface area contributed by atoms with Gasteiger partial charge in [0.15, 0.2) is 18.3 Å². The molecule has 2 aliphatic heterocycles. The van der Waals surface area contributed by atoms with Gasteiger partial charge in [0.25, 0.3) is 0 Å². The molecule has 2 saturated heterocycles. The molecule has 5 heterocycles. The molecule has 6 rings (SSSR count). The first-order valence-electron chi connectivity index (χ1n) is 15.1. The van der Waals surface area contributed by atoms with Gasteiger partial charge in [0.2, 0.25) is 0 Å². The first-order chi connectivity index (χ1) is 20.0. The van der Waals surface area contributed by atoms with E-state index in [-0.39, 0.29) is 24.7 Å². The molecule has 0 bridgehead atoms. The van der Waals surface area contributed by atoms with E-state index in [1.165, 1.54) is 6.42 Å². The number of nitrogens with zero attached hydrogens (tertiary/aromatic N) is 5. The van der Waals surface area contributed by atoms with Crippen LogP contribution >= 0.6 is 0 Å². The summed E-state index contributed by atoms with van der Waals surface area (Å²) in [7, 11) is 0. The molecule has 3 atom stereocenters. The first kappa shape index (κ1) is 27.9. The summed E-state index contributed by atoms with van der Waals surface area (Å²) >= 11 is 0. The van der Waals surface area contributed by atoms with E-state index in [4.69, 9.17) is 29.0 Å². The second kappa shape index (κ2) is 12.7. The van der Waals surface area contributed by atoms with Crippen LogP contribution < -0.4 is 4.74 Å². The lowest BCUT2D eigenvalue weighted by atomic mass is 10.1. The molecule has 9 nitrogen and oxygen atoms in total. The van der Waals surface area contributed by atoms with Crippen molar-refractivity contribution in [3.8, 4) is 28.5 Å². The van der Waals surface area contributed by atoms with Gasteiger partial charge in [-0.15, -0.1) is 0 Å². The van der Waals surface area contributed by atoms with E-state index >= 15 is 0 Å². The largest absolute Gasteiger partial charge is 0.491 e. The van der Waals surface area contributed by atoms with Crippen molar-refractivity contribution in [2.24, 2.45) is 0 Å². The molecular weight excluding hydrogens is 518 g/mol. The lowest BCUT2D eigenvalue weighted by Gasteiger charge is -2.26. The number of ether oxygens (including phenoxy) is 4. The van der Waals surface area contributed by atoms with E-state index in [2.05, 4.69) is 41.0 Å². The van der Waals surface area contributed by atoms with Crippen molar-refractivity contribution in [2.75, 3.05) is 13.2 Å². The molecule has 0 spiro atoms. The minimum absolute atomic E-state index is 0.0596. The van der Waals surface area contributed by atoms with Crippen molar-refractivity contribution in [1.29, 1.82) is 0 Å². The van der Waals surface area contributed by atoms with Crippen LogP contribution in [0.2, 0.25) is 0 Å². The summed E-state index contributed by atoms with van der Waals surface area (Å²) in [6.45, 7) is 8.60. The van der Waals surface area contributed by atoms with Gasteiger partial charge in [-0.2, -0.15) is 5.10 Å². The zero-order chi connectivity index (χ0) is 28.2. The maximum absolute atomic E-state index is 6.10. The number of rotatable bonds is 10. The van der Waals surface area contributed by atoms with E-state index in [0.717, 1.165) is 91.9 Å². The number of hydrogen-bond donors (Lipinski definition) is 0. The highest BCUT2D eigenvalue weighted by Crippen LogP contribution is 2.34. The molecule has 41 heavy (non-hydrogen) atoms. The van der Waals surface area contributed by atoms with Crippen molar-refractivity contribution < 1.29 is 18.9 Å². The number of benzene rings is 1. The van der Waals surface area contributed by atoms with Crippen LogP contribution in [-0.4, -0.2) is 56.0 Å². The Hall–Kier alpha value is -3.27. The van der Waals surface area contributed by atoms with Gasteiger partial charge in [0.1, 0.15) is 11.4 Å². The fourth-order valence-corrected chi connectivity index (χ4v) is 5.61. The quantitative estimate of drug-likeness (QED) is 0.212. The van der Waals surface area contributed by atoms with Crippen LogP contribution in [0.15, 0.2) is 48.9 Å². The molecule has 0 radical (unpaired) electrons. The monoisotopic (exact) mass is 559 g/mol. The third-order valence-corrected chi connectivity index (χ3v) is 7.71. The van der Waals surface area contributed by atoms with Crippen LogP contribution in [-0.2, 0) is 20.8 Å². The Kier molecular flexibility index (Phi) is 8.64. The fourth-order valence-electron chi connectivity index (χ4n) is 5.61. The van der Waals surface area contributed by atoms with Gasteiger partial charge in [0.05, 0.1) is 23.4 Å². The molecule has 9 heteroatoms. The molecule has 2 fully saturated rings. The van der Waals surface area contributed by atoms with Gasteiger partial charge in [0, 0.05) is 49.3 Å². The van der Waals surface area contributed by atoms with Crippen molar-refractivity contribution in [1.82, 2.24) is 24.3 Å². The van der Waals surface area contributed by atoms with Crippen LogP contribution in [0.25, 0.3) is 33.7 Å². The van der Waals surface area contributed by atoms with E-state index in [1.807, 2.05) is 42.9 Å². The maximum atomic E-state index is 6.10. The van der Waals surface area contributed by atoms with Gasteiger partial charge in [-0.3, -0.25) is 0 Å². The number of aryl methyl sites for hydroxylation is 1. The molecule has 218 valence electrons. The Labute approximate surface area is 241 Å². The van der Waals surface area contributed by atoms with Crippen molar-refractivity contribution in [3.63, 3.8) is 0 Å². The Morgan fingerprint density at radius 2 is 1.85 bits per heavy atom. The first-order valence-corrected chi connectivity index (χ1v) is 15.1. The summed E-state index contributed by atoms with van der Waals surface area (Å²) in [6.07, 6.45) is 13.5. The summed E-state index contributed by atoms with van der Waals surface area (Å²) in [5.74, 6) is 1.39. The minimum atomic E-state index is -0.0925. The third-order valence-electron chi connectivity index (χ3n) is 7.71. The van der Waals surface area contributed by atoms with E-state index in [9.17, 15) is 0 Å². The molecular formula is C32H41N5O4. The Morgan fingerprint density at radius 1 is 1.00 bits per heavy atom. The molecule has 3 aromatic heterocycles. The van der Waals surface area contributed by atoms with Crippen LogP contribution in [0, 0.1) is 0 Å². The summed E-state index contributed by atoms with van der Waals surface area (Å²) < 4.78 is 28.1. The number of fused-ring (bicyclic) bond motifs is 1. The van der Waals surface area contributed by atoms with Gasteiger partial charge in [-0.25, -0.2) is 14.6 Å². The zero-order valence-corrected chi connectivity index (χ0v) is 24.4. The summed E-state index contributed by atoms with van der Waals surface area (Å²) in [5.41, 5.74) is 3.64. The second-order valence-corrected chi connectivity index (χ2v) is 11.4. The van der Waals surface area contributed by atoms with E-state index in [1.54, 1.807) is 0 Å². The fraction of sp³-hybridized carbons (Fsp3) is 0.531. The lowest BCUT2D eigenvalue weighted by Crippen LogP contribution is -2.27. The highest BCUT2D eigenvalue weighted by atomic mass is 16.7. The zero-order valence-electron chi connectivity index (χ0n) is 24.4. The Bertz CT molecular complexity index is 1440. The SMILES string of the molecule is CC(C)Oc1ccc2c(c1)c(-c1nccc(-c3ccn(CCC(C)OC4CCCCO4)c3)n1)nn2C1CCCCO1. The van der Waals surface area contributed by atoms with Crippen molar-refractivity contribution >= 4 is 10.9 Å². The smallest absolute Gasteiger partial charge is 0.181 e. The number of aromatic nitrogens is 5. The van der Waals surface area contributed by atoms with Crippen LogP contribution in [0.5, 0.6) is 5.75 Å². The number of hydrogen-bond acceptors (Lipinski definition) is 7. The maximum Gasteiger partial charge on any atom is 0.181 e. The summed E-state index contributed by atoms with van der Waals surface area (Å²) in [6, 6.07) is 10.2. The van der Waals surface area contributed by atoms with E-state index in [0.29, 0.717) is 5.82 Å². The molecule has 0 saturated carbocycles. The standard InChI is InChI=1S/C32H41N5O4/c1-22(2)40-25-10-11-28-26(20-25)31(35-37(28)29-8-4-6-18-38-29)32-33-15-12-27(34-32)24-14-17-36(21-24)16-13-23(3)41-30-9-5-7-19-39-30/h10-12,14-15,17,20-23,29-30H,4-9,13,16,18-19H2,1-3H3. The molecule has 2 aliphatic rings. The predicted octanol–water partition coefficient (Wildman–Crippen LogP) is 6.77. The molecule has 0 amide bonds. The third kappa shape index (κ3) is 6.63. The van der Waals surface area contributed by atoms with Crippen molar-refractivity contribution in [2.45, 2.75) is 97.0 Å². The Morgan fingerprint density at radius 3 is 2.63 bits per heavy atom. The normalized spacial score (nSPS) is 20.5. The van der Waals surface area contributed by atoms with Crippen molar-refractivity contribution in [3.05, 3.63) is 48.9 Å². The summed E-state index contributed by atoms with van der Waals surface area (Å²) in [5, 5.41) is 5.98.